The molecule has 0 aliphatic heterocycles. The Morgan fingerprint density at radius 3 is 2.88 bits per heavy atom. The Bertz CT molecular complexity index is 813. The Balaban J connectivity index is 1.81. The highest BCUT2D eigenvalue weighted by Crippen LogP contribution is 2.39. The summed E-state index contributed by atoms with van der Waals surface area (Å²) < 4.78 is 5.76. The molecule has 1 aromatic carbocycles. The number of aryl methyl sites for hydroxylation is 1. The van der Waals surface area contributed by atoms with Gasteiger partial charge in [-0.15, -0.1) is 11.3 Å². The van der Waals surface area contributed by atoms with Gasteiger partial charge >= 0.3 is 0 Å². The summed E-state index contributed by atoms with van der Waals surface area (Å²) in [4.78, 5) is 25.6. The van der Waals surface area contributed by atoms with Crippen LogP contribution in [0.5, 0.6) is 5.75 Å². The summed E-state index contributed by atoms with van der Waals surface area (Å²) in [6, 6.07) is 7.06. The van der Waals surface area contributed by atoms with Crippen molar-refractivity contribution in [3.63, 3.8) is 0 Å². The van der Waals surface area contributed by atoms with E-state index in [0.717, 1.165) is 36.1 Å². The molecule has 25 heavy (non-hydrogen) atoms. The molecule has 1 aliphatic carbocycles. The summed E-state index contributed by atoms with van der Waals surface area (Å²) in [7, 11) is 0. The van der Waals surface area contributed by atoms with E-state index in [2.05, 4.69) is 5.32 Å². The van der Waals surface area contributed by atoms with Crippen LogP contribution >= 0.6 is 11.3 Å². The lowest BCUT2D eigenvalue weighted by atomic mass is 10.1. The van der Waals surface area contributed by atoms with Crippen LogP contribution in [0.25, 0.3) is 0 Å². The second-order valence-electron chi connectivity index (χ2n) is 6.24. The summed E-state index contributed by atoms with van der Waals surface area (Å²) in [6.07, 6.45) is 3.79. The third-order valence-electron chi connectivity index (χ3n) is 4.40. The fourth-order valence-electron chi connectivity index (χ4n) is 2.95. The fraction of sp³-hybridized carbons (Fsp3) is 0.368. The Morgan fingerprint density at radius 2 is 2.16 bits per heavy atom. The van der Waals surface area contributed by atoms with E-state index in [1.54, 1.807) is 18.2 Å². The molecule has 1 unspecified atom stereocenters. The summed E-state index contributed by atoms with van der Waals surface area (Å²) in [5, 5.41) is 3.41. The number of rotatable bonds is 6. The number of carbonyl (C=O) groups excluding carboxylic acids is 2. The number of nitrogens with one attached hydrogen (secondary N) is 1. The quantitative estimate of drug-likeness (QED) is 0.825. The average Bonchev–Trinajstić information content (AvgIpc) is 3.15. The van der Waals surface area contributed by atoms with Crippen LogP contribution in [-0.4, -0.2) is 17.9 Å². The Kier molecular flexibility index (Phi) is 5.08. The molecular formula is C19H22N2O3S. The SMILES string of the molecule is CCC(C)Oc1cccc(C(=O)Nc2sc3c(c2C(N)=O)CCC3)c1. The van der Waals surface area contributed by atoms with Gasteiger partial charge in [0.05, 0.1) is 11.7 Å². The summed E-state index contributed by atoms with van der Waals surface area (Å²) >= 11 is 1.45. The standard InChI is InChI=1S/C19H22N2O3S/c1-3-11(2)24-13-7-4-6-12(10-13)18(23)21-19-16(17(20)22)14-8-5-9-15(14)25-19/h4,6-7,10-11H,3,5,8-9H2,1-2H3,(H2,20,22)(H,21,23). The first-order chi connectivity index (χ1) is 12.0. The van der Waals surface area contributed by atoms with Crippen molar-refractivity contribution in [3.05, 3.63) is 45.8 Å². The molecule has 0 bridgehead atoms. The van der Waals surface area contributed by atoms with E-state index in [9.17, 15) is 9.59 Å². The summed E-state index contributed by atoms with van der Waals surface area (Å²) in [5.41, 5.74) is 7.50. The number of anilines is 1. The van der Waals surface area contributed by atoms with Gasteiger partial charge in [-0.1, -0.05) is 13.0 Å². The molecule has 0 saturated carbocycles. The summed E-state index contributed by atoms with van der Waals surface area (Å²) in [5.74, 6) is -0.0913. The molecule has 3 rings (SSSR count). The molecule has 0 saturated heterocycles. The van der Waals surface area contributed by atoms with Crippen molar-refractivity contribution in [2.45, 2.75) is 45.6 Å². The molecular weight excluding hydrogens is 336 g/mol. The van der Waals surface area contributed by atoms with E-state index in [1.165, 1.54) is 11.3 Å². The number of amides is 2. The second-order valence-corrected chi connectivity index (χ2v) is 7.35. The minimum atomic E-state index is -0.483. The lowest BCUT2D eigenvalue weighted by molar-refractivity contribution is 0.100. The molecule has 1 atom stereocenters. The zero-order chi connectivity index (χ0) is 18.0. The van der Waals surface area contributed by atoms with E-state index in [1.807, 2.05) is 19.9 Å². The van der Waals surface area contributed by atoms with Gasteiger partial charge in [0.1, 0.15) is 10.8 Å². The Labute approximate surface area is 151 Å². The second kappa shape index (κ2) is 7.27. The molecule has 1 aliphatic rings. The molecule has 5 nitrogen and oxygen atoms in total. The van der Waals surface area contributed by atoms with Crippen molar-refractivity contribution in [1.82, 2.24) is 0 Å². The molecule has 1 aromatic heterocycles. The van der Waals surface area contributed by atoms with Gasteiger partial charge in [-0.25, -0.2) is 0 Å². The van der Waals surface area contributed by atoms with Crippen molar-refractivity contribution in [3.8, 4) is 5.75 Å². The first-order valence-electron chi connectivity index (χ1n) is 8.52. The maximum atomic E-state index is 12.6. The van der Waals surface area contributed by atoms with Crippen molar-refractivity contribution in [2.75, 3.05) is 5.32 Å². The number of ether oxygens (including phenoxy) is 1. The molecule has 2 amide bonds. The number of hydrogen-bond donors (Lipinski definition) is 2. The van der Waals surface area contributed by atoms with Gasteiger partial charge in [0.25, 0.3) is 11.8 Å². The van der Waals surface area contributed by atoms with Gasteiger partial charge in [-0.2, -0.15) is 0 Å². The molecule has 132 valence electrons. The van der Waals surface area contributed by atoms with Gasteiger partial charge in [-0.3, -0.25) is 9.59 Å². The van der Waals surface area contributed by atoms with E-state index in [0.29, 0.717) is 21.9 Å². The first kappa shape index (κ1) is 17.5. The summed E-state index contributed by atoms with van der Waals surface area (Å²) in [6.45, 7) is 4.03. The van der Waals surface area contributed by atoms with Crippen LogP contribution in [-0.2, 0) is 12.8 Å². The third kappa shape index (κ3) is 3.69. The fourth-order valence-corrected chi connectivity index (χ4v) is 4.24. The van der Waals surface area contributed by atoms with Gasteiger partial charge in [0.2, 0.25) is 0 Å². The molecule has 0 radical (unpaired) electrons. The van der Waals surface area contributed by atoms with Crippen LogP contribution in [0.15, 0.2) is 24.3 Å². The smallest absolute Gasteiger partial charge is 0.256 e. The van der Waals surface area contributed by atoms with Gasteiger partial charge in [-0.05, 0) is 56.4 Å². The zero-order valence-electron chi connectivity index (χ0n) is 14.4. The van der Waals surface area contributed by atoms with E-state index in [4.69, 9.17) is 10.5 Å². The predicted molar refractivity (Wildman–Crippen MR) is 99.6 cm³/mol. The third-order valence-corrected chi connectivity index (χ3v) is 5.61. The molecule has 2 aromatic rings. The highest BCUT2D eigenvalue weighted by atomic mass is 32.1. The van der Waals surface area contributed by atoms with Crippen molar-refractivity contribution < 1.29 is 14.3 Å². The lowest BCUT2D eigenvalue weighted by Crippen LogP contribution is -2.18. The van der Waals surface area contributed by atoms with Crippen molar-refractivity contribution in [2.24, 2.45) is 5.73 Å². The van der Waals surface area contributed by atoms with Crippen LogP contribution in [0.1, 0.15) is 57.8 Å². The topological polar surface area (TPSA) is 81.4 Å². The number of thiophene rings is 1. The number of hydrogen-bond acceptors (Lipinski definition) is 4. The number of carbonyl (C=O) groups is 2. The monoisotopic (exact) mass is 358 g/mol. The van der Waals surface area contributed by atoms with Crippen LogP contribution < -0.4 is 15.8 Å². The largest absolute Gasteiger partial charge is 0.491 e. The van der Waals surface area contributed by atoms with Gasteiger partial charge in [0.15, 0.2) is 0 Å². The minimum absolute atomic E-state index is 0.0834. The van der Waals surface area contributed by atoms with E-state index >= 15 is 0 Å². The Morgan fingerprint density at radius 1 is 1.36 bits per heavy atom. The maximum absolute atomic E-state index is 12.6. The van der Waals surface area contributed by atoms with Gasteiger partial charge < -0.3 is 15.8 Å². The lowest BCUT2D eigenvalue weighted by Gasteiger charge is -2.13. The van der Waals surface area contributed by atoms with Gasteiger partial charge in [0, 0.05) is 10.4 Å². The molecule has 0 spiro atoms. The van der Waals surface area contributed by atoms with Crippen LogP contribution in [0.4, 0.5) is 5.00 Å². The highest BCUT2D eigenvalue weighted by Gasteiger charge is 2.26. The molecule has 1 heterocycles. The minimum Gasteiger partial charge on any atom is -0.491 e. The zero-order valence-corrected chi connectivity index (χ0v) is 15.2. The number of fused-ring (bicyclic) bond motifs is 1. The Hall–Kier alpha value is -2.34. The number of nitrogens with two attached hydrogens (primary N) is 1. The van der Waals surface area contributed by atoms with Crippen LogP contribution in [0.3, 0.4) is 0 Å². The maximum Gasteiger partial charge on any atom is 0.256 e. The number of benzene rings is 1. The highest BCUT2D eigenvalue weighted by molar-refractivity contribution is 7.17. The molecule has 3 N–H and O–H groups in total. The number of primary amides is 1. The predicted octanol–water partition coefficient (Wildman–Crippen LogP) is 3.77. The van der Waals surface area contributed by atoms with Crippen LogP contribution in [0.2, 0.25) is 0 Å². The van der Waals surface area contributed by atoms with Crippen molar-refractivity contribution >= 4 is 28.2 Å². The van der Waals surface area contributed by atoms with Crippen molar-refractivity contribution in [1.29, 1.82) is 0 Å². The molecule has 0 fully saturated rings. The van der Waals surface area contributed by atoms with E-state index in [-0.39, 0.29) is 12.0 Å². The molecule has 6 heteroatoms. The van der Waals surface area contributed by atoms with E-state index < -0.39 is 5.91 Å². The van der Waals surface area contributed by atoms with Crippen LogP contribution in [0, 0.1) is 0 Å². The normalized spacial score (nSPS) is 14.0. The first-order valence-corrected chi connectivity index (χ1v) is 9.33. The average molecular weight is 358 g/mol.